The fourth-order valence-corrected chi connectivity index (χ4v) is 1.11. The van der Waals surface area contributed by atoms with Crippen LogP contribution in [0.5, 0.6) is 0 Å². The molecule has 0 radical (unpaired) electrons. The van der Waals surface area contributed by atoms with E-state index in [9.17, 15) is 0 Å². The van der Waals surface area contributed by atoms with Gasteiger partial charge in [0.15, 0.2) is 6.29 Å². The van der Waals surface area contributed by atoms with Gasteiger partial charge in [0, 0.05) is 20.6 Å². The molecule has 1 heterocycles. The van der Waals surface area contributed by atoms with Crippen molar-refractivity contribution in [2.75, 3.05) is 14.2 Å². The minimum atomic E-state index is -0.348. The van der Waals surface area contributed by atoms with Gasteiger partial charge in [-0.1, -0.05) is 0 Å². The lowest BCUT2D eigenvalue weighted by Crippen LogP contribution is -2.36. The van der Waals surface area contributed by atoms with Crippen LogP contribution < -0.4 is 5.43 Å². The van der Waals surface area contributed by atoms with E-state index in [0.29, 0.717) is 12.1 Å². The maximum absolute atomic E-state index is 8.51. The van der Waals surface area contributed by atoms with Crippen LogP contribution in [0.4, 0.5) is 0 Å². The fourth-order valence-electron chi connectivity index (χ4n) is 1.11. The van der Waals surface area contributed by atoms with Crippen molar-refractivity contribution in [2.24, 2.45) is 5.10 Å². The van der Waals surface area contributed by atoms with Gasteiger partial charge in [0.05, 0.1) is 0 Å². The summed E-state index contributed by atoms with van der Waals surface area (Å²) in [5, 5.41) is 12.3. The van der Waals surface area contributed by atoms with Crippen molar-refractivity contribution >= 4 is 5.71 Å². The highest BCUT2D eigenvalue weighted by atomic mass is 16.7. The summed E-state index contributed by atoms with van der Waals surface area (Å²) in [6, 6.07) is 1.93. The van der Waals surface area contributed by atoms with Crippen LogP contribution in [0.3, 0.4) is 0 Å². The van der Waals surface area contributed by atoms with Crippen LogP contribution in [0.25, 0.3) is 0 Å². The Morgan fingerprint density at radius 2 is 2.33 bits per heavy atom. The average Bonchev–Trinajstić information content (AvgIpc) is 2.55. The maximum Gasteiger partial charge on any atom is 0.178 e. The summed E-state index contributed by atoms with van der Waals surface area (Å²) in [7, 11) is 3.11. The van der Waals surface area contributed by atoms with E-state index >= 15 is 0 Å². The van der Waals surface area contributed by atoms with E-state index in [0.717, 1.165) is 0 Å². The molecule has 0 amide bonds. The summed E-state index contributed by atoms with van der Waals surface area (Å²) >= 11 is 0. The molecule has 1 aliphatic heterocycles. The molecule has 12 heavy (non-hydrogen) atoms. The van der Waals surface area contributed by atoms with Gasteiger partial charge >= 0.3 is 0 Å². The van der Waals surface area contributed by atoms with E-state index in [1.165, 1.54) is 0 Å². The van der Waals surface area contributed by atoms with Gasteiger partial charge in [-0.3, -0.25) is 0 Å². The molecule has 0 fully saturated rings. The molecular formula is C7H11N3O2. The lowest BCUT2D eigenvalue weighted by Gasteiger charge is -2.19. The lowest BCUT2D eigenvalue weighted by atomic mass is 10.1. The van der Waals surface area contributed by atoms with E-state index in [2.05, 4.69) is 10.5 Å². The van der Waals surface area contributed by atoms with Crippen molar-refractivity contribution in [3.05, 3.63) is 0 Å². The molecule has 0 aliphatic carbocycles. The van der Waals surface area contributed by atoms with Crippen LogP contribution in [0, 0.1) is 11.3 Å². The number of nitrogens with one attached hydrogen (secondary N) is 1. The van der Waals surface area contributed by atoms with Crippen molar-refractivity contribution < 1.29 is 9.47 Å². The number of nitrogens with zero attached hydrogens (tertiary/aromatic N) is 2. The molecule has 0 spiro atoms. The third-order valence-electron chi connectivity index (χ3n) is 1.70. The van der Waals surface area contributed by atoms with Crippen LogP contribution in [0.15, 0.2) is 5.10 Å². The predicted molar refractivity (Wildman–Crippen MR) is 42.4 cm³/mol. The number of hydrogen-bond donors (Lipinski definition) is 1. The molecule has 0 aromatic rings. The number of methoxy groups -OCH3 is 2. The van der Waals surface area contributed by atoms with Crippen molar-refractivity contribution in [1.82, 2.24) is 5.43 Å². The summed E-state index contributed by atoms with van der Waals surface area (Å²) in [6.07, 6.45) is 0.211. The first-order valence-electron chi connectivity index (χ1n) is 3.59. The number of ether oxygens (including phenoxy) is 2. The van der Waals surface area contributed by atoms with Gasteiger partial charge in [0.1, 0.15) is 17.8 Å². The maximum atomic E-state index is 8.51. The molecule has 1 atom stereocenters. The smallest absolute Gasteiger partial charge is 0.178 e. The summed E-state index contributed by atoms with van der Waals surface area (Å²) in [4.78, 5) is 0. The first-order valence-corrected chi connectivity index (χ1v) is 3.59. The molecule has 1 unspecified atom stereocenters. The molecule has 0 saturated carbocycles. The van der Waals surface area contributed by atoms with E-state index in [1.807, 2.05) is 6.07 Å². The molecule has 0 aromatic carbocycles. The second kappa shape index (κ2) is 4.04. The van der Waals surface area contributed by atoms with Crippen molar-refractivity contribution in [3.8, 4) is 6.07 Å². The summed E-state index contributed by atoms with van der Waals surface area (Å²) in [5.41, 5.74) is 3.26. The molecule has 5 heteroatoms. The SMILES string of the molecule is COC(OC)C1CC(C#N)=NN1. The molecule has 0 saturated heterocycles. The number of rotatable bonds is 3. The number of hydrazone groups is 1. The van der Waals surface area contributed by atoms with Crippen molar-refractivity contribution in [1.29, 1.82) is 5.26 Å². The Balaban J connectivity index is 2.45. The highest BCUT2D eigenvalue weighted by Gasteiger charge is 2.26. The van der Waals surface area contributed by atoms with Crippen LogP contribution in [0.1, 0.15) is 6.42 Å². The van der Waals surface area contributed by atoms with E-state index < -0.39 is 0 Å². The quantitative estimate of drug-likeness (QED) is 0.596. The Morgan fingerprint density at radius 1 is 1.67 bits per heavy atom. The highest BCUT2D eigenvalue weighted by molar-refractivity contribution is 5.99. The van der Waals surface area contributed by atoms with Gasteiger partial charge in [-0.05, 0) is 0 Å². The Kier molecular flexibility index (Phi) is 3.02. The van der Waals surface area contributed by atoms with Gasteiger partial charge in [0.2, 0.25) is 0 Å². The standard InChI is InChI=1S/C7H11N3O2/c1-11-7(12-2)6-3-5(4-8)9-10-6/h6-7,10H,3H2,1-2H3. The van der Waals surface area contributed by atoms with Gasteiger partial charge in [-0.15, -0.1) is 0 Å². The largest absolute Gasteiger partial charge is 0.354 e. The van der Waals surface area contributed by atoms with Gasteiger partial charge in [0.25, 0.3) is 0 Å². The van der Waals surface area contributed by atoms with Crippen molar-refractivity contribution in [2.45, 2.75) is 18.8 Å². The van der Waals surface area contributed by atoms with Crippen molar-refractivity contribution in [3.63, 3.8) is 0 Å². The molecule has 66 valence electrons. The van der Waals surface area contributed by atoms with Gasteiger partial charge < -0.3 is 14.9 Å². The molecular weight excluding hydrogens is 158 g/mol. The second-order valence-corrected chi connectivity index (χ2v) is 2.45. The zero-order valence-electron chi connectivity index (χ0n) is 7.07. The lowest BCUT2D eigenvalue weighted by molar-refractivity contribution is -0.119. The van der Waals surface area contributed by atoms with Crippen LogP contribution in [-0.4, -0.2) is 32.3 Å². The van der Waals surface area contributed by atoms with Crippen LogP contribution in [0.2, 0.25) is 0 Å². The summed E-state index contributed by atoms with van der Waals surface area (Å²) < 4.78 is 10.0. The van der Waals surface area contributed by atoms with Gasteiger partial charge in [-0.25, -0.2) is 0 Å². The number of nitriles is 1. The fraction of sp³-hybridized carbons (Fsp3) is 0.714. The molecule has 0 bridgehead atoms. The van der Waals surface area contributed by atoms with Crippen LogP contribution in [-0.2, 0) is 9.47 Å². The Hall–Kier alpha value is -1.12. The zero-order valence-corrected chi connectivity index (χ0v) is 7.07. The first-order chi connectivity index (χ1) is 5.81. The molecule has 1 rings (SSSR count). The first kappa shape index (κ1) is 8.97. The summed E-state index contributed by atoms with van der Waals surface area (Å²) in [5.74, 6) is 0. The Bertz CT molecular complexity index is 217. The Morgan fingerprint density at radius 3 is 2.75 bits per heavy atom. The predicted octanol–water partition coefficient (Wildman–Crippen LogP) is -0.153. The third kappa shape index (κ3) is 1.72. The molecule has 1 aliphatic rings. The summed E-state index contributed by atoms with van der Waals surface area (Å²) in [6.45, 7) is 0. The minimum Gasteiger partial charge on any atom is -0.354 e. The minimum absolute atomic E-state index is 0.0466. The van der Waals surface area contributed by atoms with Gasteiger partial charge in [-0.2, -0.15) is 10.4 Å². The number of hydrogen-bond acceptors (Lipinski definition) is 5. The molecule has 1 N–H and O–H groups in total. The van der Waals surface area contributed by atoms with Crippen LogP contribution >= 0.6 is 0 Å². The van der Waals surface area contributed by atoms with E-state index in [1.54, 1.807) is 14.2 Å². The van der Waals surface area contributed by atoms with E-state index in [4.69, 9.17) is 14.7 Å². The zero-order chi connectivity index (χ0) is 8.97. The molecule has 5 nitrogen and oxygen atoms in total. The topological polar surface area (TPSA) is 66.6 Å². The highest BCUT2D eigenvalue weighted by Crippen LogP contribution is 2.09. The second-order valence-electron chi connectivity index (χ2n) is 2.45. The monoisotopic (exact) mass is 169 g/mol. The Labute approximate surface area is 71.0 Å². The normalized spacial score (nSPS) is 21.8. The van der Waals surface area contributed by atoms with E-state index in [-0.39, 0.29) is 12.3 Å². The molecule has 0 aromatic heterocycles. The third-order valence-corrected chi connectivity index (χ3v) is 1.70. The average molecular weight is 169 g/mol.